The molecule has 0 spiro atoms. The largest absolute Gasteiger partial charge is 0.322 e. The first-order chi connectivity index (χ1) is 18.0. The normalized spacial score (nSPS) is 24.9. The van der Waals surface area contributed by atoms with Gasteiger partial charge in [0.2, 0.25) is 11.8 Å². The third kappa shape index (κ3) is 2.99. The van der Waals surface area contributed by atoms with Gasteiger partial charge in [0, 0.05) is 17.2 Å². The average molecular weight is 549 g/mol. The highest BCUT2D eigenvalue weighted by atomic mass is 79.9. The van der Waals surface area contributed by atoms with Crippen molar-refractivity contribution in [2.45, 2.75) is 10.2 Å². The van der Waals surface area contributed by atoms with Gasteiger partial charge in [0.1, 0.15) is 0 Å². The Bertz CT molecular complexity index is 1550. The highest BCUT2D eigenvalue weighted by molar-refractivity contribution is 9.09. The smallest absolute Gasteiger partial charge is 0.255 e. The van der Waals surface area contributed by atoms with Gasteiger partial charge in [0.15, 0.2) is 0 Å². The van der Waals surface area contributed by atoms with Crippen LogP contribution >= 0.6 is 15.9 Å². The zero-order chi connectivity index (χ0) is 25.3. The fraction of sp³-hybridized carbons (Fsp3) is 0.129. The molecule has 1 fully saturated rings. The monoisotopic (exact) mass is 548 g/mol. The van der Waals surface area contributed by atoms with Crippen LogP contribution in [-0.2, 0) is 13.9 Å². The van der Waals surface area contributed by atoms with Crippen LogP contribution < -0.4 is 10.2 Å². The van der Waals surface area contributed by atoms with Gasteiger partial charge in [-0.05, 0) is 58.7 Å². The first-order valence-electron chi connectivity index (χ1n) is 12.2. The van der Waals surface area contributed by atoms with Crippen molar-refractivity contribution in [2.75, 3.05) is 10.2 Å². The van der Waals surface area contributed by atoms with Crippen LogP contribution in [0.25, 0.3) is 0 Å². The van der Waals surface area contributed by atoms with Crippen LogP contribution in [0.4, 0.5) is 11.4 Å². The summed E-state index contributed by atoms with van der Waals surface area (Å²) in [6.45, 7) is 0. The minimum atomic E-state index is -0.773. The zero-order valence-electron chi connectivity index (χ0n) is 19.6. The van der Waals surface area contributed by atoms with E-state index < -0.39 is 16.2 Å². The maximum atomic E-state index is 14.0. The quantitative estimate of drug-likeness (QED) is 0.258. The molecule has 6 heteroatoms. The second kappa shape index (κ2) is 7.98. The molecular formula is C31H21BrN2O3. The molecule has 1 aliphatic heterocycles. The number of rotatable bonds is 3. The van der Waals surface area contributed by atoms with Crippen molar-refractivity contribution in [3.63, 3.8) is 0 Å². The molecule has 8 rings (SSSR count). The molecule has 2 bridgehead atoms. The summed E-state index contributed by atoms with van der Waals surface area (Å²) in [5.41, 5.74) is 5.96. The Balaban J connectivity index is 1.25. The summed E-state index contributed by atoms with van der Waals surface area (Å²) in [5.74, 6) is -1.83. The molecule has 37 heavy (non-hydrogen) atoms. The lowest BCUT2D eigenvalue weighted by molar-refractivity contribution is -0.122. The molecule has 4 aliphatic rings. The van der Waals surface area contributed by atoms with Crippen LogP contribution in [0.5, 0.6) is 0 Å². The van der Waals surface area contributed by atoms with Crippen LogP contribution in [-0.4, -0.2) is 17.7 Å². The Hall–Kier alpha value is -4.03. The minimum absolute atomic E-state index is 0.178. The third-order valence-electron chi connectivity index (χ3n) is 7.93. The van der Waals surface area contributed by atoms with Gasteiger partial charge in [-0.1, -0.05) is 82.7 Å². The van der Waals surface area contributed by atoms with E-state index in [1.165, 1.54) is 4.90 Å². The fourth-order valence-corrected chi connectivity index (χ4v) is 7.62. The Morgan fingerprint density at radius 1 is 0.730 bits per heavy atom. The highest BCUT2D eigenvalue weighted by Crippen LogP contribution is 2.66. The molecule has 4 aromatic rings. The first kappa shape index (κ1) is 22.2. The van der Waals surface area contributed by atoms with Gasteiger partial charge >= 0.3 is 0 Å². The summed E-state index contributed by atoms with van der Waals surface area (Å²) >= 11 is 4.02. The molecule has 2 atom stereocenters. The lowest BCUT2D eigenvalue weighted by atomic mass is 9.55. The number of hydrogen-bond acceptors (Lipinski definition) is 3. The summed E-state index contributed by atoms with van der Waals surface area (Å²) in [4.78, 5) is 41.8. The summed E-state index contributed by atoms with van der Waals surface area (Å²) < 4.78 is -0.773. The van der Waals surface area contributed by atoms with Gasteiger partial charge in [-0.3, -0.25) is 14.4 Å². The van der Waals surface area contributed by atoms with Gasteiger partial charge in [-0.2, -0.15) is 0 Å². The van der Waals surface area contributed by atoms with Gasteiger partial charge in [0.25, 0.3) is 5.91 Å². The van der Waals surface area contributed by atoms with E-state index in [0.717, 1.165) is 22.3 Å². The standard InChI is InChI=1S/C31H21BrN2O3/c32-31-23-12-6-4-10-21(23)25(22-11-5-7-13-24(22)31)26-27(31)30(37)34(29(26)36)20-16-14-19(15-17-20)33-28(35)18-8-2-1-3-9-18/h1-17,25-27H,(H,33,35)/t25?,26-,27-,31?/m0/s1. The topological polar surface area (TPSA) is 66.5 Å². The van der Waals surface area contributed by atoms with E-state index in [0.29, 0.717) is 16.9 Å². The molecule has 0 radical (unpaired) electrons. The highest BCUT2D eigenvalue weighted by Gasteiger charge is 2.67. The summed E-state index contributed by atoms with van der Waals surface area (Å²) in [6.07, 6.45) is 0. The predicted molar refractivity (Wildman–Crippen MR) is 145 cm³/mol. The number of benzene rings is 4. The lowest BCUT2D eigenvalue weighted by Crippen LogP contribution is -2.50. The fourth-order valence-electron chi connectivity index (χ4n) is 6.42. The number of hydrogen-bond donors (Lipinski definition) is 1. The number of nitrogens with zero attached hydrogens (tertiary/aromatic N) is 1. The van der Waals surface area contributed by atoms with Crippen LogP contribution in [0.3, 0.4) is 0 Å². The molecule has 3 amide bonds. The van der Waals surface area contributed by atoms with Crippen LogP contribution in [0.1, 0.15) is 38.5 Å². The second-order valence-electron chi connectivity index (χ2n) is 9.75. The van der Waals surface area contributed by atoms with Crippen LogP contribution in [0, 0.1) is 11.8 Å². The van der Waals surface area contributed by atoms with Crippen molar-refractivity contribution in [1.29, 1.82) is 0 Å². The van der Waals surface area contributed by atoms with E-state index in [1.54, 1.807) is 36.4 Å². The van der Waals surface area contributed by atoms with Crippen molar-refractivity contribution in [3.8, 4) is 0 Å². The molecule has 1 heterocycles. The molecule has 1 saturated heterocycles. The third-order valence-corrected chi connectivity index (χ3v) is 9.28. The number of halogens is 1. The molecule has 0 unspecified atom stereocenters. The number of carbonyl (C=O) groups is 3. The Morgan fingerprint density at radius 2 is 1.30 bits per heavy atom. The average Bonchev–Trinajstić information content (AvgIpc) is 3.21. The van der Waals surface area contributed by atoms with E-state index in [1.807, 2.05) is 42.5 Å². The van der Waals surface area contributed by atoms with Crippen molar-refractivity contribution in [3.05, 3.63) is 131 Å². The molecule has 3 aliphatic carbocycles. The molecule has 1 N–H and O–H groups in total. The first-order valence-corrected chi connectivity index (χ1v) is 13.0. The molecule has 4 aromatic carbocycles. The van der Waals surface area contributed by atoms with E-state index in [4.69, 9.17) is 0 Å². The number of alkyl halides is 1. The van der Waals surface area contributed by atoms with Crippen LogP contribution in [0.2, 0.25) is 0 Å². The van der Waals surface area contributed by atoms with E-state index in [2.05, 4.69) is 45.5 Å². The van der Waals surface area contributed by atoms with Crippen molar-refractivity contribution < 1.29 is 14.4 Å². The lowest BCUT2D eigenvalue weighted by Gasteiger charge is -2.51. The molecular weight excluding hydrogens is 528 g/mol. The molecule has 180 valence electrons. The second-order valence-corrected chi connectivity index (χ2v) is 11.0. The van der Waals surface area contributed by atoms with E-state index in [-0.39, 0.29) is 23.6 Å². The Morgan fingerprint density at radius 3 is 1.92 bits per heavy atom. The number of carbonyl (C=O) groups excluding carboxylic acids is 3. The number of anilines is 2. The zero-order valence-corrected chi connectivity index (χ0v) is 21.2. The molecule has 5 nitrogen and oxygen atoms in total. The van der Waals surface area contributed by atoms with Gasteiger partial charge in [0.05, 0.1) is 21.8 Å². The summed E-state index contributed by atoms with van der Waals surface area (Å²) in [7, 11) is 0. The number of nitrogens with one attached hydrogen (secondary N) is 1. The molecule has 0 aromatic heterocycles. The maximum Gasteiger partial charge on any atom is 0.255 e. The number of amides is 3. The minimum Gasteiger partial charge on any atom is -0.322 e. The number of imide groups is 1. The van der Waals surface area contributed by atoms with Crippen LogP contribution in [0.15, 0.2) is 103 Å². The van der Waals surface area contributed by atoms with Crippen molar-refractivity contribution in [2.24, 2.45) is 11.8 Å². The van der Waals surface area contributed by atoms with Gasteiger partial charge in [-0.25, -0.2) is 4.90 Å². The van der Waals surface area contributed by atoms with Gasteiger partial charge in [-0.15, -0.1) is 0 Å². The van der Waals surface area contributed by atoms with Gasteiger partial charge < -0.3 is 5.32 Å². The summed E-state index contributed by atoms with van der Waals surface area (Å²) in [6, 6.07) is 32.1. The summed E-state index contributed by atoms with van der Waals surface area (Å²) in [5, 5.41) is 2.87. The Kier molecular flexibility index (Phi) is 4.79. The van der Waals surface area contributed by atoms with Crippen molar-refractivity contribution >= 4 is 45.0 Å². The maximum absolute atomic E-state index is 14.0. The van der Waals surface area contributed by atoms with E-state index >= 15 is 0 Å². The van der Waals surface area contributed by atoms with E-state index in [9.17, 15) is 14.4 Å². The molecule has 0 saturated carbocycles. The Labute approximate surface area is 222 Å². The predicted octanol–water partition coefficient (Wildman–Crippen LogP) is 5.84. The SMILES string of the molecule is O=C(Nc1ccc(N2C(=O)[C@@H]3[C@@H](C2=O)C2c4ccccc4C3(Br)c3ccccc32)cc1)c1ccccc1. The van der Waals surface area contributed by atoms with Crippen molar-refractivity contribution in [1.82, 2.24) is 0 Å².